The van der Waals surface area contributed by atoms with Gasteiger partial charge in [0.15, 0.2) is 6.61 Å². The average molecular weight is 555 g/mol. The molecule has 0 aliphatic carbocycles. The minimum atomic E-state index is -0.776. The molecule has 2 amide bonds. The Morgan fingerprint density at radius 1 is 0.972 bits per heavy atom. The number of hydrogen-bond acceptors (Lipinski definition) is 3. The van der Waals surface area contributed by atoms with Gasteiger partial charge in [-0.15, -0.1) is 0 Å². The summed E-state index contributed by atoms with van der Waals surface area (Å²) in [6.07, 6.45) is 1.22. The van der Waals surface area contributed by atoms with Crippen molar-refractivity contribution in [3.05, 3.63) is 99.8 Å². The van der Waals surface area contributed by atoms with Crippen LogP contribution in [-0.2, 0) is 29.0 Å². The zero-order valence-electron chi connectivity index (χ0n) is 20.8. The fourth-order valence-electron chi connectivity index (χ4n) is 3.82. The normalized spacial score (nSPS) is 11.7. The van der Waals surface area contributed by atoms with Gasteiger partial charge in [-0.1, -0.05) is 55.5 Å². The van der Waals surface area contributed by atoms with Gasteiger partial charge >= 0.3 is 0 Å². The van der Waals surface area contributed by atoms with Gasteiger partial charge in [0.25, 0.3) is 5.91 Å². The van der Waals surface area contributed by atoms with Crippen LogP contribution in [0.1, 0.15) is 37.5 Å². The number of benzene rings is 3. The third kappa shape index (κ3) is 7.92. The highest BCUT2D eigenvalue weighted by molar-refractivity contribution is 9.10. The highest BCUT2D eigenvalue weighted by Crippen LogP contribution is 2.26. The van der Waals surface area contributed by atoms with E-state index < -0.39 is 6.04 Å². The minimum absolute atomic E-state index is 0.0946. The Bertz CT molecular complexity index is 1150. The number of aryl methyl sites for hydroxylation is 1. The van der Waals surface area contributed by atoms with E-state index in [9.17, 15) is 14.0 Å². The molecule has 3 aromatic carbocycles. The van der Waals surface area contributed by atoms with Crippen LogP contribution in [0.25, 0.3) is 0 Å². The summed E-state index contributed by atoms with van der Waals surface area (Å²) >= 11 is 3.51. The molecular formula is C29H32BrFN2O3. The third-order valence-electron chi connectivity index (χ3n) is 5.72. The molecule has 0 unspecified atom stereocenters. The van der Waals surface area contributed by atoms with E-state index in [1.165, 1.54) is 17.0 Å². The molecule has 0 saturated carbocycles. The van der Waals surface area contributed by atoms with Gasteiger partial charge in [-0.05, 0) is 77.2 Å². The lowest BCUT2D eigenvalue weighted by molar-refractivity contribution is -0.143. The maximum Gasteiger partial charge on any atom is 0.261 e. The monoisotopic (exact) mass is 554 g/mol. The molecule has 3 rings (SSSR count). The molecule has 1 N–H and O–H groups in total. The molecule has 0 radical (unpaired) electrons. The molecule has 5 nitrogen and oxygen atoms in total. The Hall–Kier alpha value is -3.19. The number of nitrogens with one attached hydrogen (secondary N) is 1. The molecule has 3 aromatic rings. The van der Waals surface area contributed by atoms with Gasteiger partial charge < -0.3 is 15.0 Å². The van der Waals surface area contributed by atoms with E-state index >= 15 is 0 Å². The van der Waals surface area contributed by atoms with E-state index in [1.54, 1.807) is 12.1 Å². The van der Waals surface area contributed by atoms with Crippen LogP contribution in [-0.4, -0.2) is 35.4 Å². The van der Waals surface area contributed by atoms with Gasteiger partial charge in [-0.2, -0.15) is 0 Å². The van der Waals surface area contributed by atoms with Crippen LogP contribution in [0, 0.1) is 5.82 Å². The Morgan fingerprint density at radius 2 is 1.64 bits per heavy atom. The molecule has 0 aliphatic rings. The zero-order chi connectivity index (χ0) is 26.1. The largest absolute Gasteiger partial charge is 0.483 e. The van der Waals surface area contributed by atoms with Crippen molar-refractivity contribution in [1.29, 1.82) is 0 Å². The van der Waals surface area contributed by atoms with Gasteiger partial charge in [0.1, 0.15) is 17.6 Å². The predicted molar refractivity (Wildman–Crippen MR) is 143 cm³/mol. The summed E-state index contributed by atoms with van der Waals surface area (Å²) in [6.45, 7) is 5.72. The second-order valence-electron chi connectivity index (χ2n) is 8.92. The van der Waals surface area contributed by atoms with Gasteiger partial charge in [-0.3, -0.25) is 9.59 Å². The smallest absolute Gasteiger partial charge is 0.261 e. The first-order chi connectivity index (χ1) is 17.3. The molecular weight excluding hydrogens is 523 g/mol. The van der Waals surface area contributed by atoms with Gasteiger partial charge in [0, 0.05) is 19.0 Å². The van der Waals surface area contributed by atoms with E-state index in [1.807, 2.05) is 62.4 Å². The summed E-state index contributed by atoms with van der Waals surface area (Å²) in [5.74, 6) is -0.407. The first kappa shape index (κ1) is 27.4. The standard InChI is InChI=1S/C29H32BrFN2O3/c1-4-21-12-15-27(25(30)16-21)36-19-28(34)33(18-23-10-13-24(31)14-11-23)26(29(35)32-20(2)3)17-22-8-6-5-7-9-22/h5-16,20,26H,4,17-19H2,1-3H3,(H,32,35)/t26-/m1/s1. The van der Waals surface area contributed by atoms with Crippen molar-refractivity contribution < 1.29 is 18.7 Å². The fraction of sp³-hybridized carbons (Fsp3) is 0.310. The average Bonchev–Trinajstić information content (AvgIpc) is 2.86. The van der Waals surface area contributed by atoms with Crippen LogP contribution in [0.15, 0.2) is 77.3 Å². The summed E-state index contributed by atoms with van der Waals surface area (Å²) in [5, 5.41) is 2.95. The summed E-state index contributed by atoms with van der Waals surface area (Å²) in [6, 6.07) is 20.4. The van der Waals surface area contributed by atoms with Crippen molar-refractivity contribution in [2.75, 3.05) is 6.61 Å². The Balaban J connectivity index is 1.90. The quantitative estimate of drug-likeness (QED) is 0.331. The van der Waals surface area contributed by atoms with E-state index in [0.29, 0.717) is 17.7 Å². The molecule has 1 atom stereocenters. The number of ether oxygens (including phenoxy) is 1. The summed E-state index contributed by atoms with van der Waals surface area (Å²) in [5.41, 5.74) is 2.79. The Morgan fingerprint density at radius 3 is 2.25 bits per heavy atom. The van der Waals surface area contributed by atoms with E-state index in [-0.39, 0.29) is 36.8 Å². The van der Waals surface area contributed by atoms with Crippen molar-refractivity contribution in [2.45, 2.75) is 52.2 Å². The number of carbonyl (C=O) groups excluding carboxylic acids is 2. The van der Waals surface area contributed by atoms with Crippen molar-refractivity contribution >= 4 is 27.7 Å². The SMILES string of the molecule is CCc1ccc(OCC(=O)N(Cc2ccc(F)cc2)[C@H](Cc2ccccc2)C(=O)NC(C)C)c(Br)c1. The first-order valence-corrected chi connectivity index (χ1v) is 12.9. The van der Waals surface area contributed by atoms with Crippen LogP contribution >= 0.6 is 15.9 Å². The number of carbonyl (C=O) groups is 2. The predicted octanol–water partition coefficient (Wildman–Crippen LogP) is 5.69. The van der Waals surface area contributed by atoms with E-state index in [2.05, 4.69) is 28.2 Å². The molecule has 7 heteroatoms. The van der Waals surface area contributed by atoms with Crippen molar-refractivity contribution in [1.82, 2.24) is 10.2 Å². The van der Waals surface area contributed by atoms with Crippen LogP contribution in [0.4, 0.5) is 4.39 Å². The number of nitrogens with zero attached hydrogens (tertiary/aromatic N) is 1. The zero-order valence-corrected chi connectivity index (χ0v) is 22.4. The minimum Gasteiger partial charge on any atom is -0.483 e. The van der Waals surface area contributed by atoms with Gasteiger partial charge in [-0.25, -0.2) is 4.39 Å². The van der Waals surface area contributed by atoms with E-state index in [0.717, 1.165) is 22.0 Å². The van der Waals surface area contributed by atoms with Crippen LogP contribution < -0.4 is 10.1 Å². The maximum atomic E-state index is 13.6. The first-order valence-electron chi connectivity index (χ1n) is 12.1. The van der Waals surface area contributed by atoms with E-state index in [4.69, 9.17) is 4.74 Å². The van der Waals surface area contributed by atoms with Gasteiger partial charge in [0.05, 0.1) is 4.47 Å². The second kappa shape index (κ2) is 13.2. The summed E-state index contributed by atoms with van der Waals surface area (Å²) in [7, 11) is 0. The van der Waals surface area contributed by atoms with Gasteiger partial charge in [0.2, 0.25) is 5.91 Å². The molecule has 0 heterocycles. The topological polar surface area (TPSA) is 58.6 Å². The summed E-state index contributed by atoms with van der Waals surface area (Å²) in [4.78, 5) is 28.4. The lowest BCUT2D eigenvalue weighted by Crippen LogP contribution is -2.52. The molecule has 0 bridgehead atoms. The molecule has 190 valence electrons. The van der Waals surface area contributed by atoms with Crippen molar-refractivity contribution in [3.8, 4) is 5.75 Å². The maximum absolute atomic E-state index is 13.6. The Kier molecular flexibility index (Phi) is 10.1. The van der Waals surface area contributed by atoms with Crippen LogP contribution in [0.5, 0.6) is 5.75 Å². The second-order valence-corrected chi connectivity index (χ2v) is 9.78. The molecule has 0 saturated heterocycles. The van der Waals surface area contributed by atoms with Crippen LogP contribution in [0.3, 0.4) is 0 Å². The number of amides is 2. The lowest BCUT2D eigenvalue weighted by Gasteiger charge is -2.32. The Labute approximate surface area is 220 Å². The molecule has 0 aliphatic heterocycles. The molecule has 36 heavy (non-hydrogen) atoms. The van der Waals surface area contributed by atoms with Crippen molar-refractivity contribution in [2.24, 2.45) is 0 Å². The highest BCUT2D eigenvalue weighted by Gasteiger charge is 2.31. The summed E-state index contributed by atoms with van der Waals surface area (Å²) < 4.78 is 20.2. The number of halogens is 2. The highest BCUT2D eigenvalue weighted by atomic mass is 79.9. The van der Waals surface area contributed by atoms with Crippen LogP contribution in [0.2, 0.25) is 0 Å². The lowest BCUT2D eigenvalue weighted by atomic mass is 10.0. The number of hydrogen-bond donors (Lipinski definition) is 1. The number of rotatable bonds is 11. The molecule has 0 fully saturated rings. The fourth-order valence-corrected chi connectivity index (χ4v) is 4.37. The molecule has 0 spiro atoms. The van der Waals surface area contributed by atoms with Crippen molar-refractivity contribution in [3.63, 3.8) is 0 Å². The molecule has 0 aromatic heterocycles. The third-order valence-corrected chi connectivity index (χ3v) is 6.34.